The second-order valence-electron chi connectivity index (χ2n) is 6.68. The summed E-state index contributed by atoms with van der Waals surface area (Å²) in [5, 5.41) is 8.25. The normalized spacial score (nSPS) is 17.0. The molecular formula is C17H32N4. The molecule has 0 aliphatic heterocycles. The van der Waals surface area contributed by atoms with E-state index in [9.17, 15) is 0 Å². The summed E-state index contributed by atoms with van der Waals surface area (Å²) in [5.74, 6) is 0. The molecule has 4 heteroatoms. The average molecular weight is 292 g/mol. The zero-order valence-corrected chi connectivity index (χ0v) is 14.0. The van der Waals surface area contributed by atoms with Crippen LogP contribution in [-0.2, 0) is 6.54 Å². The van der Waals surface area contributed by atoms with Gasteiger partial charge in [-0.2, -0.15) is 5.10 Å². The fourth-order valence-electron chi connectivity index (χ4n) is 2.95. The number of hydrogen-bond acceptors (Lipinski definition) is 3. The maximum atomic E-state index is 4.74. The quantitative estimate of drug-likeness (QED) is 0.747. The maximum absolute atomic E-state index is 4.74. The summed E-state index contributed by atoms with van der Waals surface area (Å²) in [7, 11) is 2.19. The van der Waals surface area contributed by atoms with Crippen LogP contribution in [0, 0.1) is 0 Å². The molecule has 120 valence electrons. The Morgan fingerprint density at radius 3 is 2.81 bits per heavy atom. The van der Waals surface area contributed by atoms with Crippen molar-refractivity contribution >= 4 is 0 Å². The van der Waals surface area contributed by atoms with Gasteiger partial charge in [0, 0.05) is 18.8 Å². The summed E-state index contributed by atoms with van der Waals surface area (Å²) in [4.78, 5) is 2.39. The second kappa shape index (κ2) is 8.54. The molecule has 1 heterocycles. The van der Waals surface area contributed by atoms with E-state index in [0.29, 0.717) is 12.1 Å². The predicted molar refractivity (Wildman–Crippen MR) is 88.4 cm³/mol. The van der Waals surface area contributed by atoms with E-state index in [0.717, 1.165) is 19.6 Å². The van der Waals surface area contributed by atoms with Crippen LogP contribution >= 0.6 is 0 Å². The van der Waals surface area contributed by atoms with Crippen molar-refractivity contribution < 1.29 is 0 Å². The van der Waals surface area contributed by atoms with Gasteiger partial charge in [0.15, 0.2) is 0 Å². The molecular weight excluding hydrogens is 260 g/mol. The number of nitrogens with one attached hydrogen (secondary N) is 1. The van der Waals surface area contributed by atoms with Crippen molar-refractivity contribution in [3.8, 4) is 0 Å². The van der Waals surface area contributed by atoms with Gasteiger partial charge in [0.1, 0.15) is 0 Å². The van der Waals surface area contributed by atoms with Crippen LogP contribution in [0.3, 0.4) is 0 Å². The van der Waals surface area contributed by atoms with Gasteiger partial charge in [-0.05, 0) is 59.3 Å². The molecule has 0 unspecified atom stereocenters. The summed E-state index contributed by atoms with van der Waals surface area (Å²) in [5.41, 5.74) is 1.18. The van der Waals surface area contributed by atoms with Gasteiger partial charge in [0.05, 0.1) is 11.7 Å². The number of aromatic nitrogens is 2. The van der Waals surface area contributed by atoms with Gasteiger partial charge >= 0.3 is 0 Å². The highest BCUT2D eigenvalue weighted by Crippen LogP contribution is 2.27. The van der Waals surface area contributed by atoms with Crippen LogP contribution in [0.5, 0.6) is 0 Å². The lowest BCUT2D eigenvalue weighted by molar-refractivity contribution is 0.269. The van der Waals surface area contributed by atoms with E-state index in [1.807, 2.05) is 0 Å². The van der Waals surface area contributed by atoms with E-state index in [-0.39, 0.29) is 0 Å². The molecule has 0 amide bonds. The Bertz CT molecular complexity index is 393. The molecule has 0 spiro atoms. The molecule has 1 aliphatic carbocycles. The standard InChI is InChI=1S/C17H32N4/c1-15(2)20(3)12-7-11-18-14-16-10-13-21(19-16)17-8-5-4-6-9-17/h10,13,15,17-18H,4-9,11-12,14H2,1-3H3. The minimum absolute atomic E-state index is 0.635. The van der Waals surface area contributed by atoms with Crippen molar-refractivity contribution in [3.63, 3.8) is 0 Å². The number of hydrogen-bond donors (Lipinski definition) is 1. The largest absolute Gasteiger partial charge is 0.311 e. The van der Waals surface area contributed by atoms with E-state index >= 15 is 0 Å². The molecule has 1 aromatic rings. The van der Waals surface area contributed by atoms with E-state index < -0.39 is 0 Å². The Morgan fingerprint density at radius 2 is 2.10 bits per heavy atom. The SMILES string of the molecule is CC(C)N(C)CCCNCc1ccn(C2CCCCC2)n1. The lowest BCUT2D eigenvalue weighted by atomic mass is 9.96. The van der Waals surface area contributed by atoms with Gasteiger partial charge in [-0.25, -0.2) is 0 Å². The smallest absolute Gasteiger partial charge is 0.0762 e. The van der Waals surface area contributed by atoms with Gasteiger partial charge in [0.25, 0.3) is 0 Å². The summed E-state index contributed by atoms with van der Waals surface area (Å²) < 4.78 is 2.20. The number of nitrogens with zero attached hydrogens (tertiary/aromatic N) is 3. The fourth-order valence-corrected chi connectivity index (χ4v) is 2.95. The monoisotopic (exact) mass is 292 g/mol. The summed E-state index contributed by atoms with van der Waals surface area (Å²) >= 11 is 0. The van der Waals surface area contributed by atoms with Crippen LogP contribution in [0.2, 0.25) is 0 Å². The molecule has 0 radical (unpaired) electrons. The molecule has 0 saturated heterocycles. The molecule has 1 aliphatic rings. The highest BCUT2D eigenvalue weighted by molar-refractivity contribution is 4.99. The minimum atomic E-state index is 0.635. The van der Waals surface area contributed by atoms with E-state index in [4.69, 9.17) is 5.10 Å². The van der Waals surface area contributed by atoms with Gasteiger partial charge < -0.3 is 10.2 Å². The molecule has 2 rings (SSSR count). The Kier molecular flexibility index (Phi) is 6.71. The van der Waals surface area contributed by atoms with Gasteiger partial charge in [-0.3, -0.25) is 4.68 Å². The Morgan fingerprint density at radius 1 is 1.33 bits per heavy atom. The molecule has 21 heavy (non-hydrogen) atoms. The molecule has 1 fully saturated rings. The minimum Gasteiger partial charge on any atom is -0.311 e. The van der Waals surface area contributed by atoms with E-state index in [2.05, 4.69) is 48.1 Å². The van der Waals surface area contributed by atoms with Crippen LogP contribution in [0.25, 0.3) is 0 Å². The number of rotatable bonds is 8. The molecule has 0 atom stereocenters. The second-order valence-corrected chi connectivity index (χ2v) is 6.68. The summed E-state index contributed by atoms with van der Waals surface area (Å²) in [6, 6.07) is 3.45. The van der Waals surface area contributed by atoms with Crippen LogP contribution in [0.15, 0.2) is 12.3 Å². The van der Waals surface area contributed by atoms with Crippen molar-refractivity contribution in [2.24, 2.45) is 0 Å². The topological polar surface area (TPSA) is 33.1 Å². The third-order valence-corrected chi connectivity index (χ3v) is 4.66. The zero-order valence-electron chi connectivity index (χ0n) is 14.0. The van der Waals surface area contributed by atoms with Crippen LogP contribution in [0.1, 0.15) is 64.1 Å². The molecule has 4 nitrogen and oxygen atoms in total. The molecule has 0 aromatic carbocycles. The summed E-state index contributed by atoms with van der Waals surface area (Å²) in [6.45, 7) is 7.59. The third kappa shape index (κ3) is 5.44. The van der Waals surface area contributed by atoms with Gasteiger partial charge in [-0.15, -0.1) is 0 Å². The molecule has 1 N–H and O–H groups in total. The van der Waals surface area contributed by atoms with Gasteiger partial charge in [0.2, 0.25) is 0 Å². The zero-order chi connectivity index (χ0) is 15.1. The lowest BCUT2D eigenvalue weighted by Crippen LogP contribution is -2.29. The van der Waals surface area contributed by atoms with Crippen LogP contribution < -0.4 is 5.32 Å². The predicted octanol–water partition coefficient (Wildman–Crippen LogP) is 3.21. The maximum Gasteiger partial charge on any atom is 0.0762 e. The molecule has 0 bridgehead atoms. The van der Waals surface area contributed by atoms with Crippen LogP contribution in [-0.4, -0.2) is 40.9 Å². The highest BCUT2D eigenvalue weighted by atomic mass is 15.3. The van der Waals surface area contributed by atoms with Crippen molar-refractivity contribution in [1.29, 1.82) is 0 Å². The first-order valence-corrected chi connectivity index (χ1v) is 8.62. The first kappa shape index (κ1) is 16.5. The Labute approximate surface area is 129 Å². The average Bonchev–Trinajstić information content (AvgIpc) is 2.96. The van der Waals surface area contributed by atoms with Gasteiger partial charge in [-0.1, -0.05) is 19.3 Å². The van der Waals surface area contributed by atoms with Crippen molar-refractivity contribution in [3.05, 3.63) is 18.0 Å². The Hall–Kier alpha value is -0.870. The first-order valence-electron chi connectivity index (χ1n) is 8.62. The van der Waals surface area contributed by atoms with Crippen molar-refractivity contribution in [2.45, 2.75) is 71.0 Å². The molecule has 1 saturated carbocycles. The first-order chi connectivity index (χ1) is 10.2. The van der Waals surface area contributed by atoms with E-state index in [1.165, 1.54) is 44.2 Å². The fraction of sp³-hybridized carbons (Fsp3) is 0.824. The van der Waals surface area contributed by atoms with Crippen LogP contribution in [0.4, 0.5) is 0 Å². The van der Waals surface area contributed by atoms with E-state index in [1.54, 1.807) is 0 Å². The highest BCUT2D eigenvalue weighted by Gasteiger charge is 2.15. The third-order valence-electron chi connectivity index (χ3n) is 4.66. The van der Waals surface area contributed by atoms with Crippen molar-refractivity contribution in [2.75, 3.05) is 20.1 Å². The van der Waals surface area contributed by atoms with Crippen molar-refractivity contribution in [1.82, 2.24) is 20.0 Å². The summed E-state index contributed by atoms with van der Waals surface area (Å²) in [6.07, 6.45) is 10.1. The lowest BCUT2D eigenvalue weighted by Gasteiger charge is -2.21. The Balaban J connectivity index is 1.64. The molecule has 1 aromatic heterocycles.